The van der Waals surface area contributed by atoms with Gasteiger partial charge < -0.3 is 10.8 Å². The Labute approximate surface area is 78.9 Å². The number of nitrogens with two attached hydrogens (primary N) is 1. The van der Waals surface area contributed by atoms with E-state index in [-0.39, 0.29) is 12.1 Å². The number of hydrogen-bond donors (Lipinski definition) is 2. The molecule has 1 rings (SSSR count). The molecule has 3 N–H and O–H groups in total. The first-order valence-corrected chi connectivity index (χ1v) is 5.63. The average Bonchev–Trinajstić information content (AvgIpc) is 1.94. The van der Waals surface area contributed by atoms with Crippen LogP contribution in [0.1, 0.15) is 33.1 Å². The van der Waals surface area contributed by atoms with Gasteiger partial charge in [-0.2, -0.15) is 11.8 Å². The van der Waals surface area contributed by atoms with E-state index in [4.69, 9.17) is 5.73 Å². The van der Waals surface area contributed by atoms with Crippen molar-refractivity contribution in [3.05, 3.63) is 0 Å². The van der Waals surface area contributed by atoms with Crippen LogP contribution in [0.2, 0.25) is 0 Å². The van der Waals surface area contributed by atoms with Crippen molar-refractivity contribution in [2.24, 2.45) is 5.73 Å². The summed E-state index contributed by atoms with van der Waals surface area (Å²) in [6.07, 6.45) is 2.75. The highest BCUT2D eigenvalue weighted by molar-refractivity contribution is 8.00. The van der Waals surface area contributed by atoms with Crippen molar-refractivity contribution in [2.45, 2.75) is 55.8 Å². The normalized spacial score (nSPS) is 37.2. The van der Waals surface area contributed by atoms with E-state index in [2.05, 4.69) is 13.8 Å². The van der Waals surface area contributed by atoms with Crippen molar-refractivity contribution in [3.63, 3.8) is 0 Å². The third-order valence-electron chi connectivity index (χ3n) is 2.24. The second-order valence-corrected chi connectivity index (χ2v) is 5.68. The fourth-order valence-electron chi connectivity index (χ4n) is 1.66. The van der Waals surface area contributed by atoms with Crippen LogP contribution in [-0.4, -0.2) is 27.8 Å². The fourth-order valence-corrected chi connectivity index (χ4v) is 2.92. The Morgan fingerprint density at radius 1 is 1.42 bits per heavy atom. The highest BCUT2D eigenvalue weighted by Crippen LogP contribution is 2.30. The lowest BCUT2D eigenvalue weighted by Crippen LogP contribution is -2.38. The average molecular weight is 189 g/mol. The van der Waals surface area contributed by atoms with Crippen molar-refractivity contribution in [3.8, 4) is 0 Å². The zero-order chi connectivity index (χ0) is 9.14. The summed E-state index contributed by atoms with van der Waals surface area (Å²) in [7, 11) is 0. The molecule has 0 aromatic carbocycles. The molecule has 0 radical (unpaired) electrons. The molecule has 3 atom stereocenters. The standard InChI is InChI=1S/C9H19NOS/c1-6(2)12-9-4-3-7(10)5-8(9)11/h6-9,11H,3-5,10H2,1-2H3/t7-,8-,9-/m1/s1. The number of thioether (sulfide) groups is 1. The summed E-state index contributed by atoms with van der Waals surface area (Å²) >= 11 is 1.88. The Hall–Kier alpha value is 0.270. The van der Waals surface area contributed by atoms with Gasteiger partial charge in [-0.1, -0.05) is 13.8 Å². The van der Waals surface area contributed by atoms with Gasteiger partial charge in [-0.25, -0.2) is 0 Å². The summed E-state index contributed by atoms with van der Waals surface area (Å²) in [5, 5.41) is 10.7. The first kappa shape index (κ1) is 10.4. The van der Waals surface area contributed by atoms with Crippen LogP contribution < -0.4 is 5.73 Å². The van der Waals surface area contributed by atoms with E-state index >= 15 is 0 Å². The second-order valence-electron chi connectivity index (χ2n) is 3.86. The Morgan fingerprint density at radius 3 is 2.58 bits per heavy atom. The Kier molecular flexibility index (Phi) is 3.87. The summed E-state index contributed by atoms with van der Waals surface area (Å²) in [5.74, 6) is 0. The van der Waals surface area contributed by atoms with Crippen molar-refractivity contribution < 1.29 is 5.11 Å². The molecule has 1 fully saturated rings. The first-order chi connectivity index (χ1) is 5.59. The molecule has 2 nitrogen and oxygen atoms in total. The molecule has 12 heavy (non-hydrogen) atoms. The van der Waals surface area contributed by atoms with Crippen molar-refractivity contribution in [1.82, 2.24) is 0 Å². The van der Waals surface area contributed by atoms with Gasteiger partial charge in [0.15, 0.2) is 0 Å². The van der Waals surface area contributed by atoms with E-state index in [1.807, 2.05) is 11.8 Å². The van der Waals surface area contributed by atoms with Gasteiger partial charge in [0.05, 0.1) is 6.10 Å². The summed E-state index contributed by atoms with van der Waals surface area (Å²) < 4.78 is 0. The third kappa shape index (κ3) is 2.96. The van der Waals surface area contributed by atoms with E-state index in [0.717, 1.165) is 19.3 Å². The van der Waals surface area contributed by atoms with Crippen LogP contribution in [0.3, 0.4) is 0 Å². The molecule has 0 heterocycles. The zero-order valence-corrected chi connectivity index (χ0v) is 8.68. The molecule has 0 aliphatic heterocycles. The Balaban J connectivity index is 2.34. The number of hydrogen-bond acceptors (Lipinski definition) is 3. The molecule has 0 aromatic rings. The van der Waals surface area contributed by atoms with Crippen LogP contribution >= 0.6 is 11.8 Å². The summed E-state index contributed by atoms with van der Waals surface area (Å²) in [4.78, 5) is 0. The molecular weight excluding hydrogens is 170 g/mol. The van der Waals surface area contributed by atoms with Crippen LogP contribution in [0, 0.1) is 0 Å². The summed E-state index contributed by atoms with van der Waals surface area (Å²) in [6.45, 7) is 4.35. The second kappa shape index (κ2) is 4.49. The first-order valence-electron chi connectivity index (χ1n) is 4.68. The summed E-state index contributed by atoms with van der Waals surface area (Å²) in [6, 6.07) is 0.226. The molecule has 1 saturated carbocycles. The van der Waals surface area contributed by atoms with Crippen molar-refractivity contribution in [1.29, 1.82) is 0 Å². The van der Waals surface area contributed by atoms with Crippen LogP contribution in [0.5, 0.6) is 0 Å². The Morgan fingerprint density at radius 2 is 2.08 bits per heavy atom. The van der Waals surface area contributed by atoms with Crippen molar-refractivity contribution >= 4 is 11.8 Å². The van der Waals surface area contributed by atoms with Gasteiger partial charge in [-0.15, -0.1) is 0 Å². The van der Waals surface area contributed by atoms with E-state index in [0.29, 0.717) is 10.5 Å². The quantitative estimate of drug-likeness (QED) is 0.689. The minimum atomic E-state index is -0.179. The molecule has 0 bridgehead atoms. The molecule has 0 saturated heterocycles. The van der Waals surface area contributed by atoms with E-state index in [1.54, 1.807) is 0 Å². The largest absolute Gasteiger partial charge is 0.392 e. The predicted molar refractivity (Wildman–Crippen MR) is 54.3 cm³/mol. The zero-order valence-electron chi connectivity index (χ0n) is 7.86. The molecule has 0 spiro atoms. The summed E-state index contributed by atoms with van der Waals surface area (Å²) in [5.41, 5.74) is 5.75. The van der Waals surface area contributed by atoms with Gasteiger partial charge in [-0.3, -0.25) is 0 Å². The van der Waals surface area contributed by atoms with Gasteiger partial charge in [-0.05, 0) is 24.5 Å². The number of aliphatic hydroxyl groups excluding tert-OH is 1. The van der Waals surface area contributed by atoms with Crippen LogP contribution in [0.4, 0.5) is 0 Å². The van der Waals surface area contributed by atoms with Gasteiger partial charge in [0, 0.05) is 11.3 Å². The number of rotatable bonds is 2. The molecule has 1 aliphatic carbocycles. The van der Waals surface area contributed by atoms with E-state index in [1.165, 1.54) is 0 Å². The smallest absolute Gasteiger partial charge is 0.0673 e. The SMILES string of the molecule is CC(C)S[C@@H]1CC[C@@H](N)C[C@H]1O. The molecule has 3 heteroatoms. The Bertz CT molecular complexity index is 140. The lowest BCUT2D eigenvalue weighted by atomic mass is 9.93. The van der Waals surface area contributed by atoms with Gasteiger partial charge in [0.25, 0.3) is 0 Å². The maximum atomic E-state index is 9.69. The molecule has 0 aromatic heterocycles. The number of aliphatic hydroxyl groups is 1. The lowest BCUT2D eigenvalue weighted by Gasteiger charge is -2.31. The highest BCUT2D eigenvalue weighted by Gasteiger charge is 2.27. The lowest BCUT2D eigenvalue weighted by molar-refractivity contribution is 0.127. The van der Waals surface area contributed by atoms with Gasteiger partial charge in [0.2, 0.25) is 0 Å². The highest BCUT2D eigenvalue weighted by atomic mass is 32.2. The third-order valence-corrected chi connectivity index (χ3v) is 3.69. The van der Waals surface area contributed by atoms with Crippen LogP contribution in [-0.2, 0) is 0 Å². The maximum Gasteiger partial charge on any atom is 0.0673 e. The topological polar surface area (TPSA) is 46.2 Å². The maximum absolute atomic E-state index is 9.69. The molecule has 72 valence electrons. The monoisotopic (exact) mass is 189 g/mol. The predicted octanol–water partition coefficient (Wildman–Crippen LogP) is 1.37. The molecule has 0 amide bonds. The van der Waals surface area contributed by atoms with E-state index in [9.17, 15) is 5.11 Å². The molecular formula is C9H19NOS. The van der Waals surface area contributed by atoms with Crippen LogP contribution in [0.25, 0.3) is 0 Å². The van der Waals surface area contributed by atoms with Gasteiger partial charge in [0.1, 0.15) is 0 Å². The molecule has 1 aliphatic rings. The van der Waals surface area contributed by atoms with Crippen LogP contribution in [0.15, 0.2) is 0 Å². The fraction of sp³-hybridized carbons (Fsp3) is 1.00. The minimum absolute atomic E-state index is 0.179. The van der Waals surface area contributed by atoms with E-state index < -0.39 is 0 Å². The minimum Gasteiger partial charge on any atom is -0.392 e. The van der Waals surface area contributed by atoms with Crippen molar-refractivity contribution in [2.75, 3.05) is 0 Å². The molecule has 0 unspecified atom stereocenters. The van der Waals surface area contributed by atoms with Gasteiger partial charge >= 0.3 is 0 Å².